The molecular weight excluding hydrogens is 166 g/mol. The fraction of sp³-hybridized carbons (Fsp3) is 0.857. The highest BCUT2D eigenvalue weighted by molar-refractivity contribution is 5.85. The van der Waals surface area contributed by atoms with Crippen molar-refractivity contribution in [2.75, 3.05) is 13.1 Å². The maximum absolute atomic E-state index is 10.5. The Balaban J connectivity index is 0.000000605. The van der Waals surface area contributed by atoms with Crippen molar-refractivity contribution in [3.63, 3.8) is 0 Å². The van der Waals surface area contributed by atoms with Crippen LogP contribution in [0.3, 0.4) is 0 Å². The highest BCUT2D eigenvalue weighted by Crippen LogP contribution is 2.44. The minimum Gasteiger partial charge on any atom is -0.462 e. The molecular formula is C7H12ClNO2. The first-order valence-electron chi connectivity index (χ1n) is 3.67. The van der Waals surface area contributed by atoms with E-state index >= 15 is 0 Å². The zero-order chi connectivity index (χ0) is 7.14. The lowest BCUT2D eigenvalue weighted by atomic mass is 10.4. The topological polar surface area (TPSA) is 38.3 Å². The molecule has 1 saturated carbocycles. The molecule has 3 nitrogen and oxygen atoms in total. The largest absolute Gasteiger partial charge is 0.462 e. The number of fused-ring (bicyclic) bond motifs is 1. The molecule has 64 valence electrons. The van der Waals surface area contributed by atoms with Gasteiger partial charge in [0.05, 0.1) is 0 Å². The monoisotopic (exact) mass is 177 g/mol. The van der Waals surface area contributed by atoms with Crippen LogP contribution in [0.15, 0.2) is 0 Å². The predicted molar refractivity (Wildman–Crippen MR) is 42.7 cm³/mol. The summed E-state index contributed by atoms with van der Waals surface area (Å²) in [6, 6.07) is 0. The van der Waals surface area contributed by atoms with Gasteiger partial charge in [-0.2, -0.15) is 0 Å². The summed E-state index contributed by atoms with van der Waals surface area (Å²) in [5, 5.41) is 3.23. The van der Waals surface area contributed by atoms with Crippen LogP contribution in [0.5, 0.6) is 0 Å². The van der Waals surface area contributed by atoms with Crippen molar-refractivity contribution in [1.29, 1.82) is 0 Å². The summed E-state index contributed by atoms with van der Waals surface area (Å²) < 4.78 is 5.05. The van der Waals surface area contributed by atoms with E-state index < -0.39 is 0 Å². The molecule has 4 heteroatoms. The summed E-state index contributed by atoms with van der Waals surface area (Å²) in [5.74, 6) is 1.12. The summed E-state index contributed by atoms with van der Waals surface area (Å²) in [4.78, 5) is 10.5. The van der Waals surface area contributed by atoms with Crippen molar-refractivity contribution < 1.29 is 9.53 Å². The molecule has 0 bridgehead atoms. The van der Waals surface area contributed by atoms with Gasteiger partial charge < -0.3 is 10.1 Å². The molecule has 2 fully saturated rings. The van der Waals surface area contributed by atoms with Gasteiger partial charge in [0.15, 0.2) is 0 Å². The number of ether oxygens (including phenoxy) is 1. The summed E-state index contributed by atoms with van der Waals surface area (Å²) in [5.41, 5.74) is 0. The zero-order valence-corrected chi connectivity index (χ0v) is 7.19. The van der Waals surface area contributed by atoms with E-state index in [0.717, 1.165) is 13.1 Å². The first kappa shape index (κ1) is 8.81. The third-order valence-corrected chi connectivity index (χ3v) is 2.32. The number of hydrogen-bond acceptors (Lipinski definition) is 3. The maximum Gasteiger partial charge on any atom is 0.302 e. The summed E-state index contributed by atoms with van der Waals surface area (Å²) in [7, 11) is 0. The fourth-order valence-corrected chi connectivity index (χ4v) is 1.73. The number of nitrogens with one attached hydrogen (secondary N) is 1. The number of halogens is 1. The number of piperidine rings is 1. The van der Waals surface area contributed by atoms with E-state index in [1.54, 1.807) is 0 Å². The Kier molecular flexibility index (Phi) is 2.40. The summed E-state index contributed by atoms with van der Waals surface area (Å²) in [6.45, 7) is 3.53. The Labute approximate surface area is 71.9 Å². The van der Waals surface area contributed by atoms with Crippen molar-refractivity contribution in [2.24, 2.45) is 11.8 Å². The van der Waals surface area contributed by atoms with Gasteiger partial charge in [-0.3, -0.25) is 4.79 Å². The number of esters is 1. The molecule has 3 atom stereocenters. The van der Waals surface area contributed by atoms with Crippen LogP contribution in [-0.4, -0.2) is 25.2 Å². The van der Waals surface area contributed by atoms with Crippen molar-refractivity contribution in [1.82, 2.24) is 5.32 Å². The molecule has 0 aromatic rings. The lowest BCUT2D eigenvalue weighted by Gasteiger charge is -2.03. The Morgan fingerprint density at radius 3 is 2.45 bits per heavy atom. The molecule has 0 spiro atoms. The van der Waals surface area contributed by atoms with Crippen LogP contribution < -0.4 is 5.32 Å². The molecule has 1 heterocycles. The Morgan fingerprint density at radius 2 is 2.00 bits per heavy atom. The van der Waals surface area contributed by atoms with Crippen molar-refractivity contribution in [3.05, 3.63) is 0 Å². The van der Waals surface area contributed by atoms with Gasteiger partial charge in [0, 0.05) is 31.8 Å². The van der Waals surface area contributed by atoms with E-state index in [9.17, 15) is 4.79 Å². The van der Waals surface area contributed by atoms with Gasteiger partial charge in [-0.15, -0.1) is 12.4 Å². The number of hydrogen-bond donors (Lipinski definition) is 1. The van der Waals surface area contributed by atoms with Crippen molar-refractivity contribution in [2.45, 2.75) is 13.0 Å². The molecule has 1 N–H and O–H groups in total. The third kappa shape index (κ3) is 1.49. The predicted octanol–water partition coefficient (Wildman–Crippen LogP) is 0.189. The number of carbonyl (C=O) groups excluding carboxylic acids is 1. The first-order chi connectivity index (χ1) is 4.79. The lowest BCUT2D eigenvalue weighted by Crippen LogP contribution is -2.19. The van der Waals surface area contributed by atoms with Gasteiger partial charge in [-0.1, -0.05) is 0 Å². The second kappa shape index (κ2) is 2.99. The second-order valence-corrected chi connectivity index (χ2v) is 3.06. The minimum absolute atomic E-state index is 0. The van der Waals surface area contributed by atoms with Gasteiger partial charge in [0.2, 0.25) is 0 Å². The highest BCUT2D eigenvalue weighted by atomic mass is 35.5. The molecule has 0 amide bonds. The Bertz CT molecular complexity index is 164. The lowest BCUT2D eigenvalue weighted by molar-refractivity contribution is -0.143. The van der Waals surface area contributed by atoms with E-state index in [1.807, 2.05) is 0 Å². The quantitative estimate of drug-likeness (QED) is 0.582. The standard InChI is InChI=1S/C7H11NO2.ClH/c1-4(9)10-7-5-2-8-3-6(5)7;/h5-8H,2-3H2,1H3;1H/t5-,6+,7?;. The molecule has 1 aliphatic heterocycles. The fourth-order valence-electron chi connectivity index (χ4n) is 1.73. The van der Waals surface area contributed by atoms with E-state index in [2.05, 4.69) is 5.32 Å². The van der Waals surface area contributed by atoms with Gasteiger partial charge in [-0.25, -0.2) is 0 Å². The normalized spacial score (nSPS) is 38.8. The molecule has 1 saturated heterocycles. The van der Waals surface area contributed by atoms with Crippen LogP contribution in [0.1, 0.15) is 6.92 Å². The smallest absolute Gasteiger partial charge is 0.302 e. The molecule has 1 aliphatic carbocycles. The molecule has 2 aliphatic rings. The molecule has 1 unspecified atom stereocenters. The molecule has 0 radical (unpaired) electrons. The van der Waals surface area contributed by atoms with Crippen LogP contribution in [-0.2, 0) is 9.53 Å². The average molecular weight is 178 g/mol. The summed E-state index contributed by atoms with van der Waals surface area (Å²) >= 11 is 0. The van der Waals surface area contributed by atoms with E-state index in [0.29, 0.717) is 11.8 Å². The van der Waals surface area contributed by atoms with Crippen LogP contribution in [0, 0.1) is 11.8 Å². The minimum atomic E-state index is -0.139. The van der Waals surface area contributed by atoms with E-state index in [-0.39, 0.29) is 24.5 Å². The van der Waals surface area contributed by atoms with Crippen LogP contribution in [0.2, 0.25) is 0 Å². The SMILES string of the molecule is CC(=O)OC1[C@H]2CNC[C@@H]12.Cl. The third-order valence-electron chi connectivity index (χ3n) is 2.32. The van der Waals surface area contributed by atoms with E-state index in [4.69, 9.17) is 4.74 Å². The van der Waals surface area contributed by atoms with Gasteiger partial charge in [-0.05, 0) is 0 Å². The van der Waals surface area contributed by atoms with Crippen molar-refractivity contribution in [3.8, 4) is 0 Å². The van der Waals surface area contributed by atoms with Gasteiger partial charge >= 0.3 is 5.97 Å². The van der Waals surface area contributed by atoms with Gasteiger partial charge in [0.1, 0.15) is 6.10 Å². The molecule has 0 aromatic carbocycles. The Hall–Kier alpha value is -0.280. The maximum atomic E-state index is 10.5. The van der Waals surface area contributed by atoms with E-state index in [1.165, 1.54) is 6.92 Å². The molecule has 2 rings (SSSR count). The van der Waals surface area contributed by atoms with Crippen LogP contribution >= 0.6 is 12.4 Å². The molecule has 11 heavy (non-hydrogen) atoms. The Morgan fingerprint density at radius 1 is 1.45 bits per heavy atom. The van der Waals surface area contributed by atoms with Crippen LogP contribution in [0.25, 0.3) is 0 Å². The molecule has 0 aromatic heterocycles. The van der Waals surface area contributed by atoms with Gasteiger partial charge in [0.25, 0.3) is 0 Å². The number of carbonyl (C=O) groups is 1. The average Bonchev–Trinajstić information content (AvgIpc) is 2.40. The zero-order valence-electron chi connectivity index (χ0n) is 6.37. The van der Waals surface area contributed by atoms with Crippen molar-refractivity contribution >= 4 is 18.4 Å². The summed E-state index contributed by atoms with van der Waals surface area (Å²) in [6.07, 6.45) is 0.249. The highest BCUT2D eigenvalue weighted by Gasteiger charge is 2.55. The van der Waals surface area contributed by atoms with Crippen LogP contribution in [0.4, 0.5) is 0 Å². The first-order valence-corrected chi connectivity index (χ1v) is 3.67. The second-order valence-electron chi connectivity index (χ2n) is 3.06. The number of rotatable bonds is 1.